The van der Waals surface area contributed by atoms with Crippen LogP contribution in [0, 0.1) is 0 Å². The van der Waals surface area contributed by atoms with E-state index in [1.165, 1.54) is 11.1 Å². The Hall–Kier alpha value is -3.14. The lowest BCUT2D eigenvalue weighted by molar-refractivity contribution is -0.124. The molecule has 1 amide bonds. The molecular formula is C23H21NO3. The minimum Gasteiger partial charge on any atom is -0.483 e. The van der Waals surface area contributed by atoms with Crippen LogP contribution in [0.2, 0.25) is 0 Å². The van der Waals surface area contributed by atoms with Crippen molar-refractivity contribution in [2.75, 3.05) is 6.61 Å². The Morgan fingerprint density at radius 2 is 1.89 bits per heavy atom. The maximum Gasteiger partial charge on any atom is 0.258 e. The molecule has 0 spiro atoms. The second-order valence-electron chi connectivity index (χ2n) is 6.82. The first-order chi connectivity index (χ1) is 13.3. The van der Waals surface area contributed by atoms with Crippen LogP contribution in [0.4, 0.5) is 0 Å². The highest BCUT2D eigenvalue weighted by molar-refractivity contribution is 6.00. The zero-order chi connectivity index (χ0) is 18.6. The van der Waals surface area contributed by atoms with Crippen LogP contribution in [0.1, 0.15) is 40.4 Å². The standard InChI is InChI=1S/C23H21NO3/c25-14-20-18-9-3-1-7-17(18)12-13-22(20)27-15-23(26)24-21-11-5-8-16-6-2-4-10-19(16)21/h1-4,6-7,9-10,12-14,21H,5,8,11,15H2,(H,24,26). The molecule has 4 nitrogen and oxygen atoms in total. The summed E-state index contributed by atoms with van der Waals surface area (Å²) < 4.78 is 5.68. The number of carbonyl (C=O) groups excluding carboxylic acids is 2. The van der Waals surface area contributed by atoms with Crippen molar-refractivity contribution in [3.63, 3.8) is 0 Å². The Bertz CT molecular complexity index is 996. The number of hydrogen-bond acceptors (Lipinski definition) is 3. The Kier molecular flexibility index (Phi) is 4.88. The first-order valence-corrected chi connectivity index (χ1v) is 9.23. The zero-order valence-electron chi connectivity index (χ0n) is 15.0. The van der Waals surface area contributed by atoms with Gasteiger partial charge >= 0.3 is 0 Å². The Balaban J connectivity index is 1.46. The average molecular weight is 359 g/mol. The van der Waals surface area contributed by atoms with Crippen LogP contribution in [-0.2, 0) is 11.2 Å². The van der Waals surface area contributed by atoms with Crippen LogP contribution in [0.15, 0.2) is 60.7 Å². The molecule has 0 aromatic heterocycles. The summed E-state index contributed by atoms with van der Waals surface area (Å²) in [5.41, 5.74) is 2.97. The van der Waals surface area contributed by atoms with E-state index in [0.29, 0.717) is 11.3 Å². The van der Waals surface area contributed by atoms with Crippen molar-refractivity contribution in [3.05, 3.63) is 77.4 Å². The molecule has 4 heteroatoms. The number of ether oxygens (including phenoxy) is 1. The molecule has 1 aliphatic rings. The molecule has 1 N–H and O–H groups in total. The highest BCUT2D eigenvalue weighted by atomic mass is 16.5. The third-order valence-corrected chi connectivity index (χ3v) is 5.11. The maximum atomic E-state index is 12.4. The smallest absolute Gasteiger partial charge is 0.258 e. The maximum absolute atomic E-state index is 12.4. The molecule has 1 unspecified atom stereocenters. The van der Waals surface area contributed by atoms with Crippen molar-refractivity contribution in [2.45, 2.75) is 25.3 Å². The van der Waals surface area contributed by atoms with E-state index in [-0.39, 0.29) is 18.6 Å². The summed E-state index contributed by atoms with van der Waals surface area (Å²) in [4.78, 5) is 24.0. The molecule has 1 aliphatic carbocycles. The zero-order valence-corrected chi connectivity index (χ0v) is 15.0. The third kappa shape index (κ3) is 3.56. The molecule has 0 saturated heterocycles. The van der Waals surface area contributed by atoms with Crippen molar-refractivity contribution < 1.29 is 14.3 Å². The van der Waals surface area contributed by atoms with Gasteiger partial charge in [-0.15, -0.1) is 0 Å². The molecule has 4 rings (SSSR count). The summed E-state index contributed by atoms with van der Waals surface area (Å²) >= 11 is 0. The first-order valence-electron chi connectivity index (χ1n) is 9.23. The van der Waals surface area contributed by atoms with Crippen molar-refractivity contribution >= 4 is 23.0 Å². The number of carbonyl (C=O) groups is 2. The number of benzene rings is 3. The van der Waals surface area contributed by atoms with Crippen LogP contribution in [0.3, 0.4) is 0 Å². The summed E-state index contributed by atoms with van der Waals surface area (Å²) in [6, 6.07) is 19.5. The second kappa shape index (κ2) is 7.62. The van der Waals surface area contributed by atoms with Crippen molar-refractivity contribution in [3.8, 4) is 5.75 Å². The molecule has 0 aliphatic heterocycles. The Labute approximate surface area is 158 Å². The number of aldehydes is 1. The number of aryl methyl sites for hydroxylation is 1. The van der Waals surface area contributed by atoms with E-state index in [9.17, 15) is 9.59 Å². The second-order valence-corrected chi connectivity index (χ2v) is 6.82. The van der Waals surface area contributed by atoms with Crippen LogP contribution in [0.5, 0.6) is 5.75 Å². The van der Waals surface area contributed by atoms with Gasteiger partial charge in [0.05, 0.1) is 11.6 Å². The molecule has 136 valence electrons. The fourth-order valence-electron chi connectivity index (χ4n) is 3.81. The fraction of sp³-hybridized carbons (Fsp3) is 0.217. The minimum absolute atomic E-state index is 0.0215. The lowest BCUT2D eigenvalue weighted by atomic mass is 9.88. The van der Waals surface area contributed by atoms with Gasteiger partial charge in [0.25, 0.3) is 5.91 Å². The van der Waals surface area contributed by atoms with Crippen molar-refractivity contribution in [2.24, 2.45) is 0 Å². The molecule has 3 aromatic rings. The van der Waals surface area contributed by atoms with Crippen LogP contribution in [0.25, 0.3) is 10.8 Å². The number of nitrogens with one attached hydrogen (secondary N) is 1. The molecule has 0 saturated carbocycles. The molecule has 0 heterocycles. The number of fused-ring (bicyclic) bond motifs is 2. The summed E-state index contributed by atoms with van der Waals surface area (Å²) in [6.45, 7) is -0.113. The predicted molar refractivity (Wildman–Crippen MR) is 105 cm³/mol. The van der Waals surface area contributed by atoms with E-state index in [4.69, 9.17) is 4.74 Å². The molecular weight excluding hydrogens is 338 g/mol. The highest BCUT2D eigenvalue weighted by Crippen LogP contribution is 2.30. The quantitative estimate of drug-likeness (QED) is 0.694. The molecule has 0 bridgehead atoms. The average Bonchev–Trinajstić information content (AvgIpc) is 2.72. The van der Waals surface area contributed by atoms with Crippen molar-refractivity contribution in [1.29, 1.82) is 0 Å². The van der Waals surface area contributed by atoms with Gasteiger partial charge in [0.1, 0.15) is 5.75 Å². The van der Waals surface area contributed by atoms with Crippen molar-refractivity contribution in [1.82, 2.24) is 5.32 Å². The van der Waals surface area contributed by atoms with E-state index < -0.39 is 0 Å². The minimum atomic E-state index is -0.179. The Morgan fingerprint density at radius 3 is 2.78 bits per heavy atom. The van der Waals surface area contributed by atoms with Gasteiger partial charge in [-0.05, 0) is 47.2 Å². The Morgan fingerprint density at radius 1 is 1.07 bits per heavy atom. The van der Waals surface area contributed by atoms with Gasteiger partial charge in [0.15, 0.2) is 12.9 Å². The summed E-state index contributed by atoms with van der Waals surface area (Å²) in [7, 11) is 0. The third-order valence-electron chi connectivity index (χ3n) is 5.11. The van der Waals surface area contributed by atoms with Gasteiger partial charge in [-0.25, -0.2) is 0 Å². The van der Waals surface area contributed by atoms with E-state index in [1.54, 1.807) is 6.07 Å². The lowest BCUT2D eigenvalue weighted by Crippen LogP contribution is -2.34. The van der Waals surface area contributed by atoms with Gasteiger partial charge in [-0.3, -0.25) is 9.59 Å². The van der Waals surface area contributed by atoms with E-state index >= 15 is 0 Å². The van der Waals surface area contributed by atoms with E-state index in [2.05, 4.69) is 17.4 Å². The van der Waals surface area contributed by atoms with Gasteiger partial charge in [-0.2, -0.15) is 0 Å². The molecule has 0 fully saturated rings. The highest BCUT2D eigenvalue weighted by Gasteiger charge is 2.21. The number of hydrogen-bond donors (Lipinski definition) is 1. The number of rotatable bonds is 5. The summed E-state index contributed by atoms with van der Waals surface area (Å²) in [5.74, 6) is 0.254. The van der Waals surface area contributed by atoms with Crippen LogP contribution in [-0.4, -0.2) is 18.8 Å². The first kappa shape index (κ1) is 17.3. The summed E-state index contributed by atoms with van der Waals surface area (Å²) in [6.07, 6.45) is 3.83. The normalized spacial score (nSPS) is 15.8. The van der Waals surface area contributed by atoms with Crippen LogP contribution >= 0.6 is 0 Å². The summed E-state index contributed by atoms with van der Waals surface area (Å²) in [5, 5.41) is 4.86. The molecule has 1 atom stereocenters. The molecule has 0 radical (unpaired) electrons. The fourth-order valence-corrected chi connectivity index (χ4v) is 3.81. The largest absolute Gasteiger partial charge is 0.483 e. The molecule has 3 aromatic carbocycles. The van der Waals surface area contributed by atoms with E-state index in [1.807, 2.05) is 42.5 Å². The van der Waals surface area contributed by atoms with E-state index in [0.717, 1.165) is 36.3 Å². The van der Waals surface area contributed by atoms with Gasteiger partial charge in [0.2, 0.25) is 0 Å². The van der Waals surface area contributed by atoms with Gasteiger partial charge in [0, 0.05) is 0 Å². The van der Waals surface area contributed by atoms with Gasteiger partial charge < -0.3 is 10.1 Å². The SMILES string of the molecule is O=Cc1c(OCC(=O)NC2CCCc3ccccc32)ccc2ccccc12. The topological polar surface area (TPSA) is 55.4 Å². The van der Waals surface area contributed by atoms with Gasteiger partial charge in [-0.1, -0.05) is 54.6 Å². The molecule has 27 heavy (non-hydrogen) atoms. The monoisotopic (exact) mass is 359 g/mol. The van der Waals surface area contributed by atoms with Crippen LogP contribution < -0.4 is 10.1 Å². The lowest BCUT2D eigenvalue weighted by Gasteiger charge is -2.26. The predicted octanol–water partition coefficient (Wildman–Crippen LogP) is 4.22. The number of amides is 1.